The predicted octanol–water partition coefficient (Wildman–Crippen LogP) is 5.87. The number of nitrogens with zero attached hydrogens (tertiary/aromatic N) is 2. The van der Waals surface area contributed by atoms with Gasteiger partial charge in [0.05, 0.1) is 6.04 Å². The molecular weight excluding hydrogens is 398 g/mol. The highest BCUT2D eigenvalue weighted by molar-refractivity contribution is 5.91. The summed E-state index contributed by atoms with van der Waals surface area (Å²) in [6.45, 7) is 12.5. The Balaban J connectivity index is 2.39. The van der Waals surface area contributed by atoms with Crippen LogP contribution in [0.25, 0.3) is 0 Å². The molecule has 1 N–H and O–H groups in total. The van der Waals surface area contributed by atoms with Crippen molar-refractivity contribution < 1.29 is 9.59 Å². The number of rotatable bonds is 8. The lowest BCUT2D eigenvalue weighted by Crippen LogP contribution is -2.36. The van der Waals surface area contributed by atoms with Crippen molar-refractivity contribution >= 4 is 23.2 Å². The van der Waals surface area contributed by atoms with Gasteiger partial charge < -0.3 is 15.1 Å². The molecule has 2 amide bonds. The molecule has 0 unspecified atom stereocenters. The standard InChI is InChI=1S/C27H39N3O2/c1-19(2)26(32)30(20(3)21-12-10-9-11-13-21)18-22-16-23(14-15-24(22)29(7)8)28-25(31)17-27(4,5)6/h9-16,19-20H,17-18H2,1-8H3,(H,28,31)/t20-/m0/s1. The van der Waals surface area contributed by atoms with Gasteiger partial charge in [-0.05, 0) is 41.7 Å². The second-order valence-corrected chi connectivity index (χ2v) is 10.2. The summed E-state index contributed by atoms with van der Waals surface area (Å²) in [4.78, 5) is 29.7. The number of hydrogen-bond donors (Lipinski definition) is 1. The van der Waals surface area contributed by atoms with Gasteiger partial charge in [0.25, 0.3) is 0 Å². The average molecular weight is 438 g/mol. The molecule has 5 heteroatoms. The van der Waals surface area contributed by atoms with Gasteiger partial charge in [0.15, 0.2) is 0 Å². The largest absolute Gasteiger partial charge is 0.377 e. The minimum absolute atomic E-state index is 0.00572. The summed E-state index contributed by atoms with van der Waals surface area (Å²) in [5.74, 6) is -0.0133. The Bertz CT molecular complexity index is 914. The van der Waals surface area contributed by atoms with Crippen LogP contribution in [0.15, 0.2) is 48.5 Å². The second-order valence-electron chi connectivity index (χ2n) is 10.2. The zero-order valence-corrected chi connectivity index (χ0v) is 20.9. The molecule has 0 radical (unpaired) electrons. The van der Waals surface area contributed by atoms with E-state index in [0.29, 0.717) is 13.0 Å². The van der Waals surface area contributed by atoms with Crippen LogP contribution in [0.4, 0.5) is 11.4 Å². The molecule has 0 saturated heterocycles. The Morgan fingerprint density at radius 2 is 1.59 bits per heavy atom. The number of carbonyl (C=O) groups excluding carboxylic acids is 2. The van der Waals surface area contributed by atoms with Crippen LogP contribution in [0.1, 0.15) is 65.1 Å². The third-order valence-electron chi connectivity index (χ3n) is 5.40. The molecule has 0 aliphatic carbocycles. The van der Waals surface area contributed by atoms with Crippen LogP contribution in [0.3, 0.4) is 0 Å². The summed E-state index contributed by atoms with van der Waals surface area (Å²) in [6.07, 6.45) is 0.445. The van der Waals surface area contributed by atoms with Gasteiger partial charge in [-0.2, -0.15) is 0 Å². The molecule has 0 saturated carbocycles. The van der Waals surface area contributed by atoms with Crippen molar-refractivity contribution in [3.63, 3.8) is 0 Å². The van der Waals surface area contributed by atoms with Crippen LogP contribution in [0, 0.1) is 11.3 Å². The molecule has 174 valence electrons. The van der Waals surface area contributed by atoms with E-state index in [9.17, 15) is 9.59 Å². The van der Waals surface area contributed by atoms with Crippen molar-refractivity contribution in [3.05, 3.63) is 59.7 Å². The summed E-state index contributed by atoms with van der Waals surface area (Å²) in [6, 6.07) is 16.0. The fraction of sp³-hybridized carbons (Fsp3) is 0.481. The van der Waals surface area contributed by atoms with Crippen LogP contribution >= 0.6 is 0 Å². The van der Waals surface area contributed by atoms with Crippen molar-refractivity contribution in [3.8, 4) is 0 Å². The molecule has 0 fully saturated rings. The SMILES string of the molecule is CC(C)C(=O)N(Cc1cc(NC(=O)CC(C)(C)C)ccc1N(C)C)[C@@H](C)c1ccccc1. The number of benzene rings is 2. The van der Waals surface area contributed by atoms with Crippen molar-refractivity contribution in [1.82, 2.24) is 4.90 Å². The maximum Gasteiger partial charge on any atom is 0.225 e. The number of amides is 2. The van der Waals surface area contributed by atoms with Gasteiger partial charge in [-0.25, -0.2) is 0 Å². The summed E-state index contributed by atoms with van der Waals surface area (Å²) < 4.78 is 0. The minimum atomic E-state index is -0.112. The van der Waals surface area contributed by atoms with Crippen molar-refractivity contribution in [1.29, 1.82) is 0 Å². The molecule has 2 rings (SSSR count). The van der Waals surface area contributed by atoms with E-state index < -0.39 is 0 Å². The third kappa shape index (κ3) is 7.11. The molecule has 0 bridgehead atoms. The molecule has 1 atom stereocenters. The molecule has 0 spiro atoms. The maximum absolute atomic E-state index is 13.2. The smallest absolute Gasteiger partial charge is 0.225 e. The van der Waals surface area contributed by atoms with Crippen LogP contribution in [-0.2, 0) is 16.1 Å². The monoisotopic (exact) mass is 437 g/mol. The van der Waals surface area contributed by atoms with Gasteiger partial charge >= 0.3 is 0 Å². The van der Waals surface area contributed by atoms with E-state index in [1.54, 1.807) is 0 Å². The fourth-order valence-corrected chi connectivity index (χ4v) is 3.75. The highest BCUT2D eigenvalue weighted by Gasteiger charge is 2.25. The average Bonchev–Trinajstić information content (AvgIpc) is 2.70. The molecule has 32 heavy (non-hydrogen) atoms. The Labute approximate surface area is 193 Å². The Morgan fingerprint density at radius 3 is 2.12 bits per heavy atom. The molecular formula is C27H39N3O2. The summed E-state index contributed by atoms with van der Waals surface area (Å²) in [7, 11) is 3.98. The maximum atomic E-state index is 13.2. The lowest BCUT2D eigenvalue weighted by Gasteiger charge is -2.33. The first-order valence-electron chi connectivity index (χ1n) is 11.3. The van der Waals surface area contributed by atoms with Crippen LogP contribution in [-0.4, -0.2) is 30.8 Å². The number of hydrogen-bond acceptors (Lipinski definition) is 3. The molecule has 0 aromatic heterocycles. The van der Waals surface area contributed by atoms with Gasteiger partial charge in [0.2, 0.25) is 11.8 Å². The first-order chi connectivity index (χ1) is 14.9. The zero-order valence-electron chi connectivity index (χ0n) is 20.9. The lowest BCUT2D eigenvalue weighted by molar-refractivity contribution is -0.137. The minimum Gasteiger partial charge on any atom is -0.377 e. The van der Waals surface area contributed by atoms with E-state index in [4.69, 9.17) is 0 Å². The molecule has 5 nitrogen and oxygen atoms in total. The summed E-state index contributed by atoms with van der Waals surface area (Å²) in [5, 5.41) is 3.03. The summed E-state index contributed by atoms with van der Waals surface area (Å²) >= 11 is 0. The topological polar surface area (TPSA) is 52.7 Å². The number of nitrogens with one attached hydrogen (secondary N) is 1. The van der Waals surface area contributed by atoms with E-state index >= 15 is 0 Å². The van der Waals surface area contributed by atoms with E-state index in [1.807, 2.05) is 94.9 Å². The zero-order chi connectivity index (χ0) is 24.1. The van der Waals surface area contributed by atoms with Gasteiger partial charge in [0, 0.05) is 44.4 Å². The highest BCUT2D eigenvalue weighted by Crippen LogP contribution is 2.30. The molecule has 0 aliphatic rings. The van der Waals surface area contributed by atoms with E-state index in [1.165, 1.54) is 0 Å². The van der Waals surface area contributed by atoms with E-state index in [0.717, 1.165) is 22.5 Å². The highest BCUT2D eigenvalue weighted by atomic mass is 16.2. The third-order valence-corrected chi connectivity index (χ3v) is 5.40. The lowest BCUT2D eigenvalue weighted by atomic mass is 9.92. The van der Waals surface area contributed by atoms with Crippen molar-refractivity contribution in [2.75, 3.05) is 24.3 Å². The normalized spacial score (nSPS) is 12.4. The van der Waals surface area contributed by atoms with Crippen molar-refractivity contribution in [2.24, 2.45) is 11.3 Å². The molecule has 2 aromatic rings. The van der Waals surface area contributed by atoms with E-state index in [2.05, 4.69) is 24.4 Å². The number of carbonyl (C=O) groups is 2. The fourth-order valence-electron chi connectivity index (χ4n) is 3.75. The summed E-state index contributed by atoms with van der Waals surface area (Å²) in [5.41, 5.74) is 3.80. The quantitative estimate of drug-likeness (QED) is 0.562. The van der Waals surface area contributed by atoms with Gasteiger partial charge in [-0.3, -0.25) is 9.59 Å². The first kappa shape index (κ1) is 25.4. The Hall–Kier alpha value is -2.82. The van der Waals surface area contributed by atoms with Crippen LogP contribution in [0.5, 0.6) is 0 Å². The van der Waals surface area contributed by atoms with Gasteiger partial charge in [-0.1, -0.05) is 65.0 Å². The van der Waals surface area contributed by atoms with Gasteiger partial charge in [0.1, 0.15) is 0 Å². The Morgan fingerprint density at radius 1 is 0.969 bits per heavy atom. The van der Waals surface area contributed by atoms with E-state index in [-0.39, 0.29) is 29.2 Å². The molecule has 2 aromatic carbocycles. The molecule has 0 aliphatic heterocycles. The molecule has 0 heterocycles. The van der Waals surface area contributed by atoms with Crippen molar-refractivity contribution in [2.45, 2.75) is 60.5 Å². The number of anilines is 2. The van der Waals surface area contributed by atoms with Crippen LogP contribution in [0.2, 0.25) is 0 Å². The van der Waals surface area contributed by atoms with Gasteiger partial charge in [-0.15, -0.1) is 0 Å². The van der Waals surface area contributed by atoms with Crippen LogP contribution < -0.4 is 10.2 Å². The second kappa shape index (κ2) is 10.7. The first-order valence-corrected chi connectivity index (χ1v) is 11.3. The Kier molecular flexibility index (Phi) is 8.48. The predicted molar refractivity (Wildman–Crippen MR) is 134 cm³/mol.